The van der Waals surface area contributed by atoms with Gasteiger partial charge in [-0.3, -0.25) is 24.6 Å². The fraction of sp³-hybridized carbons (Fsp3) is 0.727. The molecular weight excluding hydrogens is 236 g/mol. The summed E-state index contributed by atoms with van der Waals surface area (Å²) < 4.78 is 0. The number of rotatable bonds is 3. The fourth-order valence-corrected chi connectivity index (χ4v) is 2.14. The Balaban J connectivity index is 1.76. The minimum absolute atomic E-state index is 0.161. The van der Waals surface area contributed by atoms with Crippen molar-refractivity contribution in [1.29, 1.82) is 0 Å². The molecule has 0 spiro atoms. The van der Waals surface area contributed by atoms with Gasteiger partial charge in [0.2, 0.25) is 17.7 Å². The highest BCUT2D eigenvalue weighted by atomic mass is 16.2. The third-order valence-corrected chi connectivity index (χ3v) is 3.15. The lowest BCUT2D eigenvalue weighted by Crippen LogP contribution is -2.55. The molecule has 2 aliphatic rings. The molecule has 7 heteroatoms. The van der Waals surface area contributed by atoms with Gasteiger partial charge in [0, 0.05) is 32.6 Å². The third-order valence-electron chi connectivity index (χ3n) is 3.15. The van der Waals surface area contributed by atoms with Crippen molar-refractivity contribution in [3.63, 3.8) is 0 Å². The van der Waals surface area contributed by atoms with E-state index in [-0.39, 0.29) is 18.2 Å². The number of nitrogens with zero attached hydrogens (tertiary/aromatic N) is 1. The van der Waals surface area contributed by atoms with Crippen LogP contribution < -0.4 is 16.0 Å². The number of hydrogen-bond acceptors (Lipinski definition) is 5. The van der Waals surface area contributed by atoms with Crippen LogP contribution in [0.3, 0.4) is 0 Å². The molecule has 0 aromatic rings. The van der Waals surface area contributed by atoms with E-state index in [9.17, 15) is 14.4 Å². The molecule has 2 heterocycles. The average Bonchev–Trinajstić information content (AvgIpc) is 2.34. The number of carbonyl (C=O) groups is 3. The summed E-state index contributed by atoms with van der Waals surface area (Å²) in [5.74, 6) is -0.834. The van der Waals surface area contributed by atoms with E-state index in [2.05, 4.69) is 16.0 Å². The molecule has 0 radical (unpaired) electrons. The Hall–Kier alpha value is -1.47. The van der Waals surface area contributed by atoms with E-state index < -0.39 is 11.9 Å². The maximum absolute atomic E-state index is 11.8. The van der Waals surface area contributed by atoms with Gasteiger partial charge in [-0.05, 0) is 6.42 Å². The second-order valence-electron chi connectivity index (χ2n) is 4.60. The van der Waals surface area contributed by atoms with E-state index in [1.54, 1.807) is 0 Å². The fourth-order valence-electron chi connectivity index (χ4n) is 2.14. The Morgan fingerprint density at radius 1 is 1.33 bits per heavy atom. The first kappa shape index (κ1) is 13.0. The Labute approximate surface area is 105 Å². The Morgan fingerprint density at radius 3 is 2.72 bits per heavy atom. The molecule has 0 bridgehead atoms. The van der Waals surface area contributed by atoms with Gasteiger partial charge < -0.3 is 10.6 Å². The molecule has 0 aliphatic carbocycles. The van der Waals surface area contributed by atoms with Crippen molar-refractivity contribution in [3.8, 4) is 0 Å². The molecule has 0 saturated carbocycles. The predicted octanol–water partition coefficient (Wildman–Crippen LogP) is -2.19. The van der Waals surface area contributed by atoms with Crippen LogP contribution in [0.2, 0.25) is 0 Å². The topological polar surface area (TPSA) is 90.5 Å². The largest absolute Gasteiger partial charge is 0.343 e. The van der Waals surface area contributed by atoms with E-state index in [4.69, 9.17) is 0 Å². The maximum atomic E-state index is 11.8. The van der Waals surface area contributed by atoms with Gasteiger partial charge in [-0.2, -0.15) is 0 Å². The van der Waals surface area contributed by atoms with Gasteiger partial charge in [-0.15, -0.1) is 0 Å². The summed E-state index contributed by atoms with van der Waals surface area (Å²) in [5.41, 5.74) is 0. The SMILES string of the molecule is O=C1CCC(NC(=O)CN2CCNCC2)C(=O)N1. The van der Waals surface area contributed by atoms with E-state index in [0.717, 1.165) is 26.2 Å². The highest BCUT2D eigenvalue weighted by Crippen LogP contribution is 2.04. The predicted molar refractivity (Wildman–Crippen MR) is 63.6 cm³/mol. The molecule has 1 unspecified atom stereocenters. The van der Waals surface area contributed by atoms with Crippen LogP contribution in [-0.2, 0) is 14.4 Å². The van der Waals surface area contributed by atoms with Crippen molar-refractivity contribution in [2.75, 3.05) is 32.7 Å². The molecule has 2 rings (SSSR count). The second-order valence-corrected chi connectivity index (χ2v) is 4.60. The van der Waals surface area contributed by atoms with E-state index in [0.29, 0.717) is 13.0 Å². The number of imide groups is 1. The summed E-state index contributed by atoms with van der Waals surface area (Å²) in [6.45, 7) is 3.74. The first-order valence-electron chi connectivity index (χ1n) is 6.21. The van der Waals surface area contributed by atoms with E-state index in [1.165, 1.54) is 0 Å². The lowest BCUT2D eigenvalue weighted by Gasteiger charge is -2.28. The summed E-state index contributed by atoms with van der Waals surface area (Å²) >= 11 is 0. The molecule has 2 saturated heterocycles. The van der Waals surface area contributed by atoms with Gasteiger partial charge in [0.05, 0.1) is 6.54 Å². The van der Waals surface area contributed by atoms with Gasteiger partial charge in [-0.1, -0.05) is 0 Å². The zero-order valence-corrected chi connectivity index (χ0v) is 10.2. The lowest BCUT2D eigenvalue weighted by molar-refractivity contribution is -0.137. The molecule has 1 atom stereocenters. The minimum Gasteiger partial charge on any atom is -0.343 e. The molecule has 7 nitrogen and oxygen atoms in total. The van der Waals surface area contributed by atoms with E-state index in [1.807, 2.05) is 4.90 Å². The van der Waals surface area contributed by atoms with Gasteiger partial charge in [0.25, 0.3) is 0 Å². The van der Waals surface area contributed by atoms with Gasteiger partial charge in [0.1, 0.15) is 6.04 Å². The van der Waals surface area contributed by atoms with Crippen molar-refractivity contribution in [1.82, 2.24) is 20.9 Å². The summed E-state index contributed by atoms with van der Waals surface area (Å²) in [6.07, 6.45) is 0.669. The van der Waals surface area contributed by atoms with Gasteiger partial charge in [-0.25, -0.2) is 0 Å². The standard InChI is InChI=1S/C11H18N4O3/c16-9-2-1-8(11(18)14-9)13-10(17)7-15-5-3-12-4-6-15/h8,12H,1-7H2,(H,13,17)(H,14,16,18). The van der Waals surface area contributed by atoms with Crippen molar-refractivity contribution in [2.45, 2.75) is 18.9 Å². The monoisotopic (exact) mass is 254 g/mol. The first-order chi connectivity index (χ1) is 8.65. The lowest BCUT2D eigenvalue weighted by atomic mass is 10.1. The maximum Gasteiger partial charge on any atom is 0.249 e. The molecule has 2 fully saturated rings. The number of amides is 3. The summed E-state index contributed by atoms with van der Waals surface area (Å²) in [6, 6.07) is -0.571. The molecule has 3 amide bonds. The Kier molecular flexibility index (Phi) is 4.27. The zero-order chi connectivity index (χ0) is 13.0. The molecule has 18 heavy (non-hydrogen) atoms. The van der Waals surface area contributed by atoms with Crippen LogP contribution in [-0.4, -0.2) is 61.4 Å². The molecule has 100 valence electrons. The molecule has 3 N–H and O–H groups in total. The number of hydrogen-bond donors (Lipinski definition) is 3. The quantitative estimate of drug-likeness (QED) is 0.498. The minimum atomic E-state index is -0.571. The second kappa shape index (κ2) is 5.92. The van der Waals surface area contributed by atoms with Crippen molar-refractivity contribution >= 4 is 17.7 Å². The Morgan fingerprint density at radius 2 is 2.06 bits per heavy atom. The van der Waals surface area contributed by atoms with Gasteiger partial charge in [0.15, 0.2) is 0 Å². The molecular formula is C11H18N4O3. The van der Waals surface area contributed by atoms with Crippen LogP contribution in [0.1, 0.15) is 12.8 Å². The number of piperazine rings is 1. The number of piperidine rings is 1. The van der Waals surface area contributed by atoms with Gasteiger partial charge >= 0.3 is 0 Å². The average molecular weight is 254 g/mol. The van der Waals surface area contributed by atoms with E-state index >= 15 is 0 Å². The highest BCUT2D eigenvalue weighted by Gasteiger charge is 2.28. The normalized spacial score (nSPS) is 25.7. The smallest absolute Gasteiger partial charge is 0.249 e. The Bertz CT molecular complexity index is 352. The molecule has 0 aromatic heterocycles. The molecule has 2 aliphatic heterocycles. The van der Waals surface area contributed by atoms with Crippen molar-refractivity contribution < 1.29 is 14.4 Å². The number of carbonyl (C=O) groups excluding carboxylic acids is 3. The molecule has 0 aromatic carbocycles. The third kappa shape index (κ3) is 3.51. The first-order valence-corrected chi connectivity index (χ1v) is 6.21. The number of nitrogens with one attached hydrogen (secondary N) is 3. The van der Waals surface area contributed by atoms with Crippen LogP contribution in [0.4, 0.5) is 0 Å². The van der Waals surface area contributed by atoms with Crippen molar-refractivity contribution in [2.24, 2.45) is 0 Å². The van der Waals surface area contributed by atoms with Crippen LogP contribution in [0.15, 0.2) is 0 Å². The summed E-state index contributed by atoms with van der Waals surface area (Å²) in [5, 5.41) is 8.10. The zero-order valence-electron chi connectivity index (χ0n) is 10.2. The van der Waals surface area contributed by atoms with Crippen molar-refractivity contribution in [3.05, 3.63) is 0 Å². The van der Waals surface area contributed by atoms with Crippen LogP contribution in [0.5, 0.6) is 0 Å². The summed E-state index contributed by atoms with van der Waals surface area (Å²) in [4.78, 5) is 36.2. The summed E-state index contributed by atoms with van der Waals surface area (Å²) in [7, 11) is 0. The van der Waals surface area contributed by atoms with Crippen LogP contribution >= 0.6 is 0 Å². The highest BCUT2D eigenvalue weighted by molar-refractivity contribution is 6.01. The van der Waals surface area contributed by atoms with Crippen LogP contribution in [0, 0.1) is 0 Å². The van der Waals surface area contributed by atoms with Crippen LogP contribution in [0.25, 0.3) is 0 Å².